The van der Waals surface area contributed by atoms with Crippen LogP contribution >= 0.6 is 15.9 Å². The molecule has 0 saturated carbocycles. The lowest BCUT2D eigenvalue weighted by Gasteiger charge is -2.28. The second-order valence-electron chi connectivity index (χ2n) is 7.97. The van der Waals surface area contributed by atoms with Gasteiger partial charge in [0.25, 0.3) is 0 Å². The number of nitrogens with zero attached hydrogens (tertiary/aromatic N) is 2. The highest BCUT2D eigenvalue weighted by molar-refractivity contribution is 9.10. The van der Waals surface area contributed by atoms with Crippen molar-refractivity contribution in [1.82, 2.24) is 9.47 Å². The Morgan fingerprint density at radius 3 is 2.53 bits per heavy atom. The number of allylic oxidation sites excluding steroid dienone is 1. The molecule has 1 aliphatic heterocycles. The van der Waals surface area contributed by atoms with Crippen molar-refractivity contribution in [2.45, 2.75) is 31.9 Å². The third-order valence-corrected chi connectivity index (χ3v) is 6.22. The summed E-state index contributed by atoms with van der Waals surface area (Å²) >= 11 is 3.40. The van der Waals surface area contributed by atoms with Crippen molar-refractivity contribution in [2.24, 2.45) is 0 Å². The molecule has 2 aromatic carbocycles. The Hall–Kier alpha value is -2.21. The molecule has 4 rings (SSSR count). The zero-order valence-electron chi connectivity index (χ0n) is 17.0. The highest BCUT2D eigenvalue weighted by atomic mass is 79.9. The van der Waals surface area contributed by atoms with E-state index in [9.17, 15) is 9.90 Å². The van der Waals surface area contributed by atoms with Crippen LogP contribution < -0.4 is 0 Å². The van der Waals surface area contributed by atoms with Crippen LogP contribution in [0.1, 0.15) is 35.2 Å². The van der Waals surface area contributed by atoms with E-state index < -0.39 is 6.10 Å². The molecule has 0 bridgehead atoms. The first kappa shape index (κ1) is 21.0. The fourth-order valence-corrected chi connectivity index (χ4v) is 4.42. The van der Waals surface area contributed by atoms with Crippen molar-refractivity contribution >= 4 is 38.7 Å². The molecule has 30 heavy (non-hydrogen) atoms. The van der Waals surface area contributed by atoms with Crippen molar-refractivity contribution in [1.29, 1.82) is 0 Å². The molecule has 1 atom stereocenters. The Balaban J connectivity index is 1.51. The van der Waals surface area contributed by atoms with Gasteiger partial charge in [-0.05, 0) is 68.4 Å². The molecule has 1 N–H and O–H groups in total. The van der Waals surface area contributed by atoms with Crippen LogP contribution in [0.3, 0.4) is 0 Å². The summed E-state index contributed by atoms with van der Waals surface area (Å²) in [5.74, 6) is -0.0236. The highest BCUT2D eigenvalue weighted by Gasteiger charge is 2.16. The number of halogens is 1. The highest BCUT2D eigenvalue weighted by Crippen LogP contribution is 2.23. The molecule has 0 radical (unpaired) electrons. The van der Waals surface area contributed by atoms with Gasteiger partial charge in [0.2, 0.25) is 0 Å². The Kier molecular flexibility index (Phi) is 6.82. The number of aliphatic hydroxyl groups excluding tert-OH is 1. The minimum absolute atomic E-state index is 0.0236. The molecule has 3 aromatic rings. The maximum absolute atomic E-state index is 12.5. The minimum atomic E-state index is -0.417. The number of carbonyl (C=O) groups is 1. The lowest BCUT2D eigenvalue weighted by Crippen LogP contribution is -2.37. The summed E-state index contributed by atoms with van der Waals surface area (Å²) in [5, 5.41) is 11.8. The average Bonchev–Trinajstić information content (AvgIpc) is 3.10. The van der Waals surface area contributed by atoms with E-state index in [0.717, 1.165) is 34.0 Å². The van der Waals surface area contributed by atoms with E-state index in [1.54, 1.807) is 6.08 Å². The van der Waals surface area contributed by atoms with E-state index >= 15 is 0 Å². The van der Waals surface area contributed by atoms with Crippen molar-refractivity contribution in [3.05, 3.63) is 76.4 Å². The molecule has 0 unspecified atom stereocenters. The number of likely N-dealkylation sites (tertiary alicyclic amines) is 1. The summed E-state index contributed by atoms with van der Waals surface area (Å²) < 4.78 is 3.06. The van der Waals surface area contributed by atoms with Crippen LogP contribution in [0.25, 0.3) is 17.0 Å². The molecule has 0 amide bonds. The molecule has 156 valence electrons. The second-order valence-corrected chi connectivity index (χ2v) is 8.89. The third-order valence-electron chi connectivity index (χ3n) is 5.69. The number of fused-ring (bicyclic) bond motifs is 1. The molecule has 1 aliphatic rings. The fourth-order valence-electron chi connectivity index (χ4n) is 4.16. The molecule has 1 aromatic heterocycles. The number of piperidine rings is 1. The van der Waals surface area contributed by atoms with Crippen LogP contribution in [0.15, 0.2) is 65.3 Å². The van der Waals surface area contributed by atoms with E-state index in [4.69, 9.17) is 0 Å². The summed E-state index contributed by atoms with van der Waals surface area (Å²) in [7, 11) is 0. The first-order chi connectivity index (χ1) is 14.6. The second kappa shape index (κ2) is 9.73. The molecule has 0 aliphatic carbocycles. The fraction of sp³-hybridized carbons (Fsp3) is 0.320. The number of rotatable bonds is 7. The van der Waals surface area contributed by atoms with Crippen LogP contribution in [0, 0.1) is 0 Å². The topological polar surface area (TPSA) is 45.5 Å². The maximum Gasteiger partial charge on any atom is 0.185 e. The smallest absolute Gasteiger partial charge is 0.185 e. The van der Waals surface area contributed by atoms with E-state index in [1.165, 1.54) is 19.3 Å². The maximum atomic E-state index is 12.5. The van der Waals surface area contributed by atoms with Gasteiger partial charge in [-0.1, -0.05) is 40.5 Å². The predicted molar refractivity (Wildman–Crippen MR) is 126 cm³/mol. The van der Waals surface area contributed by atoms with Crippen molar-refractivity contribution in [3.63, 3.8) is 0 Å². The summed E-state index contributed by atoms with van der Waals surface area (Å²) in [6.45, 7) is 3.41. The monoisotopic (exact) mass is 466 g/mol. The number of para-hydroxylation sites is 1. The Bertz CT molecular complexity index is 1030. The minimum Gasteiger partial charge on any atom is -0.390 e. The number of aliphatic hydroxyl groups is 1. The van der Waals surface area contributed by atoms with Gasteiger partial charge in [0.05, 0.1) is 6.10 Å². The van der Waals surface area contributed by atoms with Gasteiger partial charge in [0.15, 0.2) is 5.78 Å². The Morgan fingerprint density at radius 2 is 1.77 bits per heavy atom. The molecule has 1 fully saturated rings. The number of carbonyl (C=O) groups excluding carboxylic acids is 1. The number of aromatic nitrogens is 1. The van der Waals surface area contributed by atoms with E-state index in [-0.39, 0.29) is 5.78 Å². The first-order valence-electron chi connectivity index (χ1n) is 10.6. The Morgan fingerprint density at radius 1 is 1.03 bits per heavy atom. The van der Waals surface area contributed by atoms with Crippen molar-refractivity contribution in [2.75, 3.05) is 19.6 Å². The summed E-state index contributed by atoms with van der Waals surface area (Å²) in [6.07, 6.45) is 8.86. The van der Waals surface area contributed by atoms with Crippen LogP contribution in [0.4, 0.5) is 0 Å². The van der Waals surface area contributed by atoms with Gasteiger partial charge in [-0.2, -0.15) is 0 Å². The quantitative estimate of drug-likeness (QED) is 0.386. The van der Waals surface area contributed by atoms with Gasteiger partial charge < -0.3 is 14.6 Å². The van der Waals surface area contributed by atoms with Crippen LogP contribution in [-0.4, -0.2) is 46.1 Å². The summed E-state index contributed by atoms with van der Waals surface area (Å²) in [6, 6.07) is 15.5. The van der Waals surface area contributed by atoms with E-state index in [2.05, 4.69) is 37.5 Å². The van der Waals surface area contributed by atoms with Crippen molar-refractivity contribution in [3.8, 4) is 0 Å². The molecule has 0 spiro atoms. The number of benzene rings is 2. The van der Waals surface area contributed by atoms with Crippen LogP contribution in [0.2, 0.25) is 0 Å². The summed E-state index contributed by atoms with van der Waals surface area (Å²) in [4.78, 5) is 14.9. The molecule has 4 nitrogen and oxygen atoms in total. The summed E-state index contributed by atoms with van der Waals surface area (Å²) in [5.41, 5.74) is 2.72. The number of hydrogen-bond acceptors (Lipinski definition) is 3. The Labute approximate surface area is 185 Å². The van der Waals surface area contributed by atoms with Gasteiger partial charge in [-0.15, -0.1) is 0 Å². The number of ketones is 1. The molecular formula is C25H27BrN2O2. The SMILES string of the molecule is O=C(/C=C\c1cn(C[C@@H](O)CN2CCCCC2)c2ccccc12)c1ccc(Br)cc1. The normalized spacial score (nSPS) is 16.3. The van der Waals surface area contributed by atoms with Gasteiger partial charge in [-0.3, -0.25) is 4.79 Å². The first-order valence-corrected chi connectivity index (χ1v) is 11.4. The van der Waals surface area contributed by atoms with E-state index in [1.807, 2.05) is 48.7 Å². The van der Waals surface area contributed by atoms with Crippen molar-refractivity contribution < 1.29 is 9.90 Å². The molecule has 1 saturated heterocycles. The van der Waals surface area contributed by atoms with Gasteiger partial charge in [0.1, 0.15) is 0 Å². The largest absolute Gasteiger partial charge is 0.390 e. The lowest BCUT2D eigenvalue weighted by atomic mass is 10.1. The lowest BCUT2D eigenvalue weighted by molar-refractivity contribution is 0.0892. The van der Waals surface area contributed by atoms with E-state index in [0.29, 0.717) is 18.7 Å². The third kappa shape index (κ3) is 5.09. The van der Waals surface area contributed by atoms with Crippen LogP contribution in [-0.2, 0) is 6.54 Å². The standard InChI is InChI=1S/C25H27BrN2O2/c26-21-11-8-19(9-12-21)25(30)13-10-20-16-28(24-7-3-2-6-23(20)24)18-22(29)17-27-14-4-1-5-15-27/h2-3,6-13,16,22,29H,1,4-5,14-15,17-18H2/b13-10-/t22-/m0/s1. The average molecular weight is 467 g/mol. The molecular weight excluding hydrogens is 440 g/mol. The van der Waals surface area contributed by atoms with Crippen LogP contribution in [0.5, 0.6) is 0 Å². The van der Waals surface area contributed by atoms with Gasteiger partial charge in [0, 0.05) is 45.8 Å². The predicted octanol–water partition coefficient (Wildman–Crippen LogP) is 5.15. The van der Waals surface area contributed by atoms with Gasteiger partial charge >= 0.3 is 0 Å². The number of β-amino-alcohol motifs (C(OH)–C–C–N with tert-alkyl or cyclic N) is 1. The molecule has 2 heterocycles. The zero-order chi connectivity index (χ0) is 20.9. The molecule has 5 heteroatoms. The number of hydrogen-bond donors (Lipinski definition) is 1. The van der Waals surface area contributed by atoms with Gasteiger partial charge in [-0.25, -0.2) is 0 Å². The zero-order valence-corrected chi connectivity index (χ0v) is 18.6.